The Balaban J connectivity index is 1.85. The van der Waals surface area contributed by atoms with E-state index in [2.05, 4.69) is 5.16 Å². The molecule has 3 rings (SSSR count). The van der Waals surface area contributed by atoms with Gasteiger partial charge in [-0.25, -0.2) is 4.79 Å². The van der Waals surface area contributed by atoms with Gasteiger partial charge in [0.2, 0.25) is 0 Å². The van der Waals surface area contributed by atoms with Crippen LogP contribution in [0, 0.1) is 13.8 Å². The lowest BCUT2D eigenvalue weighted by Gasteiger charge is -2.41. The van der Waals surface area contributed by atoms with Gasteiger partial charge in [-0.2, -0.15) is 0 Å². The molecule has 2 heterocycles. The van der Waals surface area contributed by atoms with Crippen molar-refractivity contribution in [2.24, 2.45) is 0 Å². The molecule has 1 aromatic carbocycles. The summed E-state index contributed by atoms with van der Waals surface area (Å²) in [4.78, 5) is 27.1. The molecule has 0 spiro atoms. The highest BCUT2D eigenvalue weighted by Crippen LogP contribution is 2.40. The van der Waals surface area contributed by atoms with Crippen LogP contribution in [0.15, 0.2) is 28.8 Å². The van der Waals surface area contributed by atoms with E-state index in [-0.39, 0.29) is 18.1 Å². The molecule has 2 aromatic rings. The molecule has 1 aliphatic heterocycles. The molecule has 0 aliphatic carbocycles. The molecule has 0 saturated carbocycles. The van der Waals surface area contributed by atoms with Gasteiger partial charge in [0.1, 0.15) is 17.1 Å². The molecule has 1 aromatic heterocycles. The summed E-state index contributed by atoms with van der Waals surface area (Å²) in [6.45, 7) is 11.3. The third-order valence-electron chi connectivity index (χ3n) is 4.90. The number of anilines is 1. The van der Waals surface area contributed by atoms with Crippen molar-refractivity contribution >= 4 is 23.1 Å². The molecule has 0 atom stereocenters. The number of fused-ring (bicyclic) bond motifs is 1. The maximum absolute atomic E-state index is 13.1. The Labute approximate surface area is 170 Å². The Morgan fingerprint density at radius 1 is 1.21 bits per heavy atom. The molecule has 29 heavy (non-hydrogen) atoms. The van der Waals surface area contributed by atoms with Crippen molar-refractivity contribution in [3.05, 3.63) is 46.9 Å². The number of aromatic nitrogens is 1. The van der Waals surface area contributed by atoms with Gasteiger partial charge in [-0.15, -0.1) is 0 Å². The second-order valence-electron chi connectivity index (χ2n) is 7.60. The molecule has 1 amide bonds. The Kier molecular flexibility index (Phi) is 5.50. The van der Waals surface area contributed by atoms with Crippen molar-refractivity contribution in [3.8, 4) is 5.75 Å². The van der Waals surface area contributed by atoms with Crippen LogP contribution in [0.4, 0.5) is 5.69 Å². The van der Waals surface area contributed by atoms with Crippen molar-refractivity contribution in [2.45, 2.75) is 47.1 Å². The number of carbonyl (C=O) groups is 2. The van der Waals surface area contributed by atoms with E-state index < -0.39 is 11.5 Å². The van der Waals surface area contributed by atoms with Crippen LogP contribution in [-0.2, 0) is 9.53 Å². The predicted molar refractivity (Wildman–Crippen MR) is 109 cm³/mol. The monoisotopic (exact) mass is 398 g/mol. The zero-order valence-electron chi connectivity index (χ0n) is 17.7. The fraction of sp³-hybridized carbons (Fsp3) is 0.409. The number of rotatable bonds is 5. The van der Waals surface area contributed by atoms with E-state index in [0.717, 1.165) is 22.6 Å². The highest BCUT2D eigenvalue weighted by Gasteiger charge is 2.36. The quantitative estimate of drug-likeness (QED) is 0.706. The van der Waals surface area contributed by atoms with Crippen molar-refractivity contribution in [3.63, 3.8) is 0 Å². The fourth-order valence-electron chi connectivity index (χ4n) is 3.76. The number of benzene rings is 1. The third-order valence-corrected chi connectivity index (χ3v) is 4.90. The van der Waals surface area contributed by atoms with Crippen molar-refractivity contribution < 1.29 is 23.6 Å². The summed E-state index contributed by atoms with van der Waals surface area (Å²) in [6, 6.07) is 5.63. The number of nitrogens with zero attached hydrogens (tertiary/aromatic N) is 2. The van der Waals surface area contributed by atoms with Gasteiger partial charge in [-0.05, 0) is 65.3 Å². The summed E-state index contributed by atoms with van der Waals surface area (Å²) in [6.07, 6.45) is 2.03. The standard InChI is InChI=1S/C22H26N2O5/c1-7-27-16-8-9-18-17(10-16)13(2)11-22(5,6)24(18)19(25)12-28-21(26)20-14(3)23-29-15(20)4/h8-11H,7,12H2,1-6H3. The minimum Gasteiger partial charge on any atom is -0.494 e. The maximum Gasteiger partial charge on any atom is 0.344 e. The largest absolute Gasteiger partial charge is 0.494 e. The lowest BCUT2D eigenvalue weighted by Crippen LogP contribution is -2.50. The molecule has 7 heteroatoms. The molecule has 0 unspecified atom stereocenters. The van der Waals surface area contributed by atoms with Gasteiger partial charge in [0.15, 0.2) is 6.61 Å². The molecular formula is C22H26N2O5. The summed E-state index contributed by atoms with van der Waals surface area (Å²) >= 11 is 0. The van der Waals surface area contributed by atoms with Gasteiger partial charge >= 0.3 is 5.97 Å². The molecule has 0 radical (unpaired) electrons. The maximum atomic E-state index is 13.1. The first-order valence-corrected chi connectivity index (χ1v) is 9.55. The predicted octanol–water partition coefficient (Wildman–Crippen LogP) is 4.08. The van der Waals surface area contributed by atoms with Crippen LogP contribution >= 0.6 is 0 Å². The molecular weight excluding hydrogens is 372 g/mol. The van der Waals surface area contributed by atoms with Crippen LogP contribution in [0.5, 0.6) is 5.75 Å². The molecule has 0 bridgehead atoms. The molecule has 0 saturated heterocycles. The molecule has 0 fully saturated rings. The number of aryl methyl sites for hydroxylation is 2. The van der Waals surface area contributed by atoms with Crippen molar-refractivity contribution in [2.75, 3.05) is 18.1 Å². The Bertz CT molecular complexity index is 968. The van der Waals surface area contributed by atoms with Gasteiger partial charge in [0, 0.05) is 5.56 Å². The topological polar surface area (TPSA) is 81.9 Å². The number of esters is 1. The van der Waals surface area contributed by atoms with Crippen LogP contribution < -0.4 is 9.64 Å². The molecule has 0 N–H and O–H groups in total. The smallest absolute Gasteiger partial charge is 0.344 e. The van der Waals surface area contributed by atoms with Gasteiger partial charge in [-0.3, -0.25) is 9.69 Å². The van der Waals surface area contributed by atoms with E-state index >= 15 is 0 Å². The molecule has 154 valence electrons. The van der Waals surface area contributed by atoms with Gasteiger partial charge in [-0.1, -0.05) is 11.2 Å². The van der Waals surface area contributed by atoms with E-state index in [4.69, 9.17) is 14.0 Å². The van der Waals surface area contributed by atoms with E-state index in [1.807, 2.05) is 52.0 Å². The zero-order valence-corrected chi connectivity index (χ0v) is 17.7. The van der Waals surface area contributed by atoms with E-state index in [0.29, 0.717) is 18.1 Å². The number of carbonyl (C=O) groups excluding carboxylic acids is 2. The third kappa shape index (κ3) is 3.90. The SMILES string of the molecule is CCOc1ccc2c(c1)C(C)=CC(C)(C)N2C(=O)COC(=O)c1c(C)noc1C. The van der Waals surface area contributed by atoms with Crippen LogP contribution in [0.25, 0.3) is 5.57 Å². The van der Waals surface area contributed by atoms with Gasteiger partial charge < -0.3 is 14.0 Å². The summed E-state index contributed by atoms with van der Waals surface area (Å²) in [5.41, 5.74) is 2.86. The van der Waals surface area contributed by atoms with Crippen molar-refractivity contribution in [1.82, 2.24) is 5.16 Å². The minimum absolute atomic E-state index is 0.258. The highest BCUT2D eigenvalue weighted by atomic mass is 16.5. The Hall–Kier alpha value is -3.09. The second-order valence-corrected chi connectivity index (χ2v) is 7.60. The summed E-state index contributed by atoms with van der Waals surface area (Å²) in [5, 5.41) is 3.75. The number of ether oxygens (including phenoxy) is 2. The molecule has 7 nitrogen and oxygen atoms in total. The fourth-order valence-corrected chi connectivity index (χ4v) is 3.76. The number of hydrogen-bond donors (Lipinski definition) is 0. The van der Waals surface area contributed by atoms with E-state index in [9.17, 15) is 9.59 Å². The first kappa shape index (κ1) is 20.6. The van der Waals surface area contributed by atoms with Crippen LogP contribution in [-0.4, -0.2) is 35.8 Å². The minimum atomic E-state index is -0.622. The summed E-state index contributed by atoms with van der Waals surface area (Å²) < 4.78 is 15.9. The molecule has 1 aliphatic rings. The summed E-state index contributed by atoms with van der Waals surface area (Å²) in [5.74, 6) is 0.175. The highest BCUT2D eigenvalue weighted by molar-refractivity contribution is 6.02. The van der Waals surface area contributed by atoms with E-state index in [1.165, 1.54) is 0 Å². The average Bonchev–Trinajstić information content (AvgIpc) is 2.98. The Morgan fingerprint density at radius 2 is 1.93 bits per heavy atom. The number of hydrogen-bond acceptors (Lipinski definition) is 6. The first-order valence-electron chi connectivity index (χ1n) is 9.55. The second kappa shape index (κ2) is 7.73. The lowest BCUT2D eigenvalue weighted by molar-refractivity contribution is -0.122. The van der Waals surface area contributed by atoms with Crippen LogP contribution in [0.3, 0.4) is 0 Å². The van der Waals surface area contributed by atoms with Crippen LogP contribution in [0.2, 0.25) is 0 Å². The van der Waals surface area contributed by atoms with Gasteiger partial charge in [0.25, 0.3) is 5.91 Å². The number of allylic oxidation sites excluding steroid dienone is 1. The van der Waals surface area contributed by atoms with Crippen molar-refractivity contribution in [1.29, 1.82) is 0 Å². The first-order chi connectivity index (χ1) is 13.7. The van der Waals surface area contributed by atoms with Gasteiger partial charge in [0.05, 0.1) is 23.5 Å². The normalized spacial score (nSPS) is 14.8. The number of amides is 1. The van der Waals surface area contributed by atoms with Crippen LogP contribution in [0.1, 0.15) is 55.1 Å². The summed E-state index contributed by atoms with van der Waals surface area (Å²) in [7, 11) is 0. The average molecular weight is 398 g/mol. The van der Waals surface area contributed by atoms with E-state index in [1.54, 1.807) is 18.7 Å². The Morgan fingerprint density at radius 3 is 2.55 bits per heavy atom. The lowest BCUT2D eigenvalue weighted by atomic mass is 9.88. The zero-order chi connectivity index (χ0) is 21.3.